The standard InChI is InChI=1S/C10H20N2O3/c1-3-11-9(13)5-7-12-10(14)6-8-15-4-2/h3-8H2,1-2H3,(H,11,13)(H,12,14). The summed E-state index contributed by atoms with van der Waals surface area (Å²) in [5.41, 5.74) is 0. The Balaban J connectivity index is 3.34. The van der Waals surface area contributed by atoms with Crippen molar-refractivity contribution in [2.45, 2.75) is 26.7 Å². The number of ether oxygens (including phenoxy) is 1. The normalized spacial score (nSPS) is 9.73. The van der Waals surface area contributed by atoms with Crippen molar-refractivity contribution in [3.8, 4) is 0 Å². The lowest BCUT2D eigenvalue weighted by Crippen LogP contribution is -2.31. The van der Waals surface area contributed by atoms with Gasteiger partial charge in [0.2, 0.25) is 11.8 Å². The Morgan fingerprint density at radius 3 is 2.33 bits per heavy atom. The SMILES string of the molecule is CCNC(=O)CCNC(=O)CCOCC. The molecule has 5 heteroatoms. The molecule has 2 amide bonds. The Morgan fingerprint density at radius 2 is 1.73 bits per heavy atom. The molecule has 0 fully saturated rings. The van der Waals surface area contributed by atoms with Crippen molar-refractivity contribution in [1.29, 1.82) is 0 Å². The van der Waals surface area contributed by atoms with Gasteiger partial charge in [0.1, 0.15) is 0 Å². The summed E-state index contributed by atoms with van der Waals surface area (Å²) in [5.74, 6) is -0.115. The molecular formula is C10H20N2O3. The molecule has 0 aliphatic heterocycles. The number of carbonyl (C=O) groups is 2. The van der Waals surface area contributed by atoms with Crippen molar-refractivity contribution in [1.82, 2.24) is 10.6 Å². The molecule has 0 saturated heterocycles. The average Bonchev–Trinajstić information content (AvgIpc) is 2.18. The minimum absolute atomic E-state index is 0.0393. The Bertz CT molecular complexity index is 195. The molecule has 88 valence electrons. The van der Waals surface area contributed by atoms with Crippen LogP contribution in [-0.4, -0.2) is 38.1 Å². The highest BCUT2D eigenvalue weighted by Crippen LogP contribution is 1.84. The number of hydrogen-bond donors (Lipinski definition) is 2. The molecule has 0 rings (SSSR count). The Morgan fingerprint density at radius 1 is 1.07 bits per heavy atom. The van der Waals surface area contributed by atoms with Crippen LogP contribution in [0.1, 0.15) is 26.7 Å². The van der Waals surface area contributed by atoms with Crippen molar-refractivity contribution in [2.24, 2.45) is 0 Å². The van der Waals surface area contributed by atoms with E-state index in [0.717, 1.165) is 0 Å². The largest absolute Gasteiger partial charge is 0.381 e. The number of carbonyl (C=O) groups excluding carboxylic acids is 2. The average molecular weight is 216 g/mol. The first kappa shape index (κ1) is 13.9. The van der Waals surface area contributed by atoms with E-state index in [2.05, 4.69) is 10.6 Å². The minimum atomic E-state index is -0.0762. The van der Waals surface area contributed by atoms with Gasteiger partial charge < -0.3 is 15.4 Å². The van der Waals surface area contributed by atoms with Crippen LogP contribution in [0.5, 0.6) is 0 Å². The molecule has 0 saturated carbocycles. The summed E-state index contributed by atoms with van der Waals surface area (Å²) in [6.45, 7) is 5.80. The van der Waals surface area contributed by atoms with Crippen LogP contribution in [0.15, 0.2) is 0 Å². The molecule has 0 spiro atoms. The topological polar surface area (TPSA) is 67.4 Å². The number of amides is 2. The smallest absolute Gasteiger partial charge is 0.222 e. The van der Waals surface area contributed by atoms with Crippen molar-refractivity contribution >= 4 is 11.8 Å². The summed E-state index contributed by atoms with van der Waals surface area (Å²) in [7, 11) is 0. The highest BCUT2D eigenvalue weighted by atomic mass is 16.5. The van der Waals surface area contributed by atoms with E-state index in [0.29, 0.717) is 39.1 Å². The third kappa shape index (κ3) is 9.21. The lowest BCUT2D eigenvalue weighted by molar-refractivity contribution is -0.122. The van der Waals surface area contributed by atoms with Gasteiger partial charge in [-0.25, -0.2) is 0 Å². The van der Waals surface area contributed by atoms with Gasteiger partial charge in [0, 0.05) is 32.5 Å². The first-order valence-corrected chi connectivity index (χ1v) is 5.31. The maximum absolute atomic E-state index is 11.1. The zero-order valence-electron chi connectivity index (χ0n) is 9.47. The van der Waals surface area contributed by atoms with Crippen LogP contribution in [-0.2, 0) is 14.3 Å². The van der Waals surface area contributed by atoms with Gasteiger partial charge in [-0.05, 0) is 13.8 Å². The van der Waals surface area contributed by atoms with Crippen LogP contribution >= 0.6 is 0 Å². The summed E-state index contributed by atoms with van der Waals surface area (Å²) < 4.78 is 5.03. The van der Waals surface area contributed by atoms with E-state index in [9.17, 15) is 9.59 Å². The van der Waals surface area contributed by atoms with Gasteiger partial charge in [0.25, 0.3) is 0 Å². The third-order valence-corrected chi connectivity index (χ3v) is 1.73. The maximum Gasteiger partial charge on any atom is 0.222 e. The molecule has 0 heterocycles. The fraction of sp³-hybridized carbons (Fsp3) is 0.800. The van der Waals surface area contributed by atoms with E-state index in [-0.39, 0.29) is 11.8 Å². The van der Waals surface area contributed by atoms with E-state index in [4.69, 9.17) is 4.74 Å². The van der Waals surface area contributed by atoms with E-state index >= 15 is 0 Å². The first-order valence-electron chi connectivity index (χ1n) is 5.31. The zero-order valence-corrected chi connectivity index (χ0v) is 9.47. The molecule has 0 atom stereocenters. The van der Waals surface area contributed by atoms with Crippen molar-refractivity contribution in [2.75, 3.05) is 26.3 Å². The van der Waals surface area contributed by atoms with Gasteiger partial charge in [0.15, 0.2) is 0 Å². The van der Waals surface area contributed by atoms with E-state index in [1.54, 1.807) is 0 Å². The molecule has 5 nitrogen and oxygen atoms in total. The van der Waals surface area contributed by atoms with Crippen LogP contribution in [0, 0.1) is 0 Å². The zero-order chi connectivity index (χ0) is 11.5. The second kappa shape index (κ2) is 9.45. The fourth-order valence-electron chi connectivity index (χ4n) is 0.999. The highest BCUT2D eigenvalue weighted by Gasteiger charge is 2.02. The van der Waals surface area contributed by atoms with Crippen molar-refractivity contribution < 1.29 is 14.3 Å². The molecule has 2 N–H and O–H groups in total. The molecule has 0 aliphatic carbocycles. The molecule has 0 aliphatic rings. The highest BCUT2D eigenvalue weighted by molar-refractivity contribution is 5.78. The fourth-order valence-corrected chi connectivity index (χ4v) is 0.999. The van der Waals surface area contributed by atoms with Crippen molar-refractivity contribution in [3.63, 3.8) is 0 Å². The number of rotatable bonds is 8. The molecule has 0 radical (unpaired) electrons. The lowest BCUT2D eigenvalue weighted by Gasteiger charge is -2.05. The predicted molar refractivity (Wildman–Crippen MR) is 57.4 cm³/mol. The second-order valence-corrected chi connectivity index (χ2v) is 3.00. The summed E-state index contributed by atoms with van der Waals surface area (Å²) in [4.78, 5) is 22.1. The molecular weight excluding hydrogens is 196 g/mol. The monoisotopic (exact) mass is 216 g/mol. The Labute approximate surface area is 90.6 Å². The van der Waals surface area contributed by atoms with Crippen LogP contribution in [0.4, 0.5) is 0 Å². The van der Waals surface area contributed by atoms with Crippen molar-refractivity contribution in [3.05, 3.63) is 0 Å². The predicted octanol–water partition coefficient (Wildman–Crippen LogP) is 0.0554. The Hall–Kier alpha value is -1.10. The number of nitrogens with one attached hydrogen (secondary N) is 2. The van der Waals surface area contributed by atoms with Crippen LogP contribution < -0.4 is 10.6 Å². The minimum Gasteiger partial charge on any atom is -0.381 e. The van der Waals surface area contributed by atoms with E-state index in [1.165, 1.54) is 0 Å². The molecule has 15 heavy (non-hydrogen) atoms. The molecule has 0 unspecified atom stereocenters. The maximum atomic E-state index is 11.1. The summed E-state index contributed by atoms with van der Waals surface area (Å²) in [6.07, 6.45) is 0.678. The van der Waals surface area contributed by atoms with Gasteiger partial charge >= 0.3 is 0 Å². The van der Waals surface area contributed by atoms with Gasteiger partial charge in [-0.15, -0.1) is 0 Å². The molecule has 0 aromatic heterocycles. The van der Waals surface area contributed by atoms with Crippen LogP contribution in [0.3, 0.4) is 0 Å². The lowest BCUT2D eigenvalue weighted by atomic mass is 10.3. The van der Waals surface area contributed by atoms with Crippen LogP contribution in [0.25, 0.3) is 0 Å². The van der Waals surface area contributed by atoms with E-state index in [1.807, 2.05) is 13.8 Å². The third-order valence-electron chi connectivity index (χ3n) is 1.73. The first-order chi connectivity index (χ1) is 7.20. The molecule has 0 bridgehead atoms. The summed E-state index contributed by atoms with van der Waals surface area (Å²) in [6, 6.07) is 0. The van der Waals surface area contributed by atoms with E-state index < -0.39 is 0 Å². The van der Waals surface area contributed by atoms with Crippen LogP contribution in [0.2, 0.25) is 0 Å². The van der Waals surface area contributed by atoms with Gasteiger partial charge in [-0.3, -0.25) is 9.59 Å². The van der Waals surface area contributed by atoms with Gasteiger partial charge in [0.05, 0.1) is 6.61 Å². The van der Waals surface area contributed by atoms with Gasteiger partial charge in [-0.2, -0.15) is 0 Å². The number of hydrogen-bond acceptors (Lipinski definition) is 3. The van der Waals surface area contributed by atoms with Gasteiger partial charge in [-0.1, -0.05) is 0 Å². The second-order valence-electron chi connectivity index (χ2n) is 3.00. The molecule has 0 aromatic carbocycles. The quantitative estimate of drug-likeness (QED) is 0.564. The summed E-state index contributed by atoms with van der Waals surface area (Å²) >= 11 is 0. The summed E-state index contributed by atoms with van der Waals surface area (Å²) in [5, 5.41) is 5.31. The molecule has 0 aromatic rings. The Kier molecular flexibility index (Phi) is 8.76.